The van der Waals surface area contributed by atoms with Crippen molar-refractivity contribution < 1.29 is 14.3 Å². The number of hydrogen-bond acceptors (Lipinski definition) is 3. The molecule has 4 rings (SSSR count). The minimum absolute atomic E-state index is 0.0571. The lowest BCUT2D eigenvalue weighted by Crippen LogP contribution is -2.23. The quantitative estimate of drug-likeness (QED) is 0.851. The number of carbonyl (C=O) groups excluding carboxylic acids is 1. The summed E-state index contributed by atoms with van der Waals surface area (Å²) >= 11 is 0. The molecule has 2 aromatic carbocycles. The van der Waals surface area contributed by atoms with Crippen molar-refractivity contribution in [1.29, 1.82) is 0 Å². The van der Waals surface area contributed by atoms with Crippen LogP contribution < -0.4 is 9.47 Å². The van der Waals surface area contributed by atoms with E-state index in [9.17, 15) is 4.79 Å². The molecule has 2 aromatic rings. The molecule has 3 nitrogen and oxygen atoms in total. The van der Waals surface area contributed by atoms with Crippen LogP contribution in [0, 0.1) is 5.92 Å². The number of rotatable bonds is 2. The lowest BCUT2D eigenvalue weighted by Gasteiger charge is -2.27. The predicted molar refractivity (Wildman–Crippen MR) is 84.0 cm³/mol. The van der Waals surface area contributed by atoms with Crippen LogP contribution >= 0.6 is 0 Å². The summed E-state index contributed by atoms with van der Waals surface area (Å²) in [5.41, 5.74) is 4.59. The largest absolute Gasteiger partial charge is 0.493 e. The third-order valence-corrected chi connectivity index (χ3v) is 5.04. The Bertz CT molecular complexity index is 763. The van der Waals surface area contributed by atoms with Crippen molar-refractivity contribution in [2.75, 3.05) is 14.2 Å². The van der Waals surface area contributed by atoms with Crippen LogP contribution in [0.15, 0.2) is 36.4 Å². The summed E-state index contributed by atoms with van der Waals surface area (Å²) in [7, 11) is 3.24. The Balaban J connectivity index is 1.83. The second-order valence-electron chi connectivity index (χ2n) is 6.05. The minimum Gasteiger partial charge on any atom is -0.493 e. The summed E-state index contributed by atoms with van der Waals surface area (Å²) < 4.78 is 10.8. The smallest absolute Gasteiger partial charge is 0.167 e. The van der Waals surface area contributed by atoms with Crippen LogP contribution in [0.4, 0.5) is 0 Å². The molecular formula is C19H18O3. The number of fused-ring (bicyclic) bond motifs is 4. The van der Waals surface area contributed by atoms with Gasteiger partial charge in [-0.1, -0.05) is 24.3 Å². The zero-order chi connectivity index (χ0) is 15.3. The first-order valence-electron chi connectivity index (χ1n) is 7.60. The van der Waals surface area contributed by atoms with Crippen LogP contribution in [0.3, 0.4) is 0 Å². The number of ketones is 1. The van der Waals surface area contributed by atoms with Crippen molar-refractivity contribution in [3.8, 4) is 11.5 Å². The Morgan fingerprint density at radius 3 is 2.14 bits per heavy atom. The van der Waals surface area contributed by atoms with Crippen molar-refractivity contribution in [3.05, 3.63) is 58.7 Å². The Kier molecular flexibility index (Phi) is 2.96. The molecule has 0 aromatic heterocycles. The number of methoxy groups -OCH3 is 2. The highest BCUT2D eigenvalue weighted by Crippen LogP contribution is 2.48. The standard InChI is InChI=1S/C19H18O3/c1-21-17-9-14-13-7-11-5-3-4-6-12(11)8-15(13)19(20)16(14)10-18(17)22-2/h3-6,9-10,13,15H,7-8H2,1-2H3. The van der Waals surface area contributed by atoms with Crippen LogP contribution in [0.2, 0.25) is 0 Å². The maximum absolute atomic E-state index is 12.8. The predicted octanol–water partition coefficient (Wildman–Crippen LogP) is 3.40. The summed E-state index contributed by atoms with van der Waals surface area (Å²) in [6.07, 6.45) is 1.76. The minimum atomic E-state index is 0.0571. The topological polar surface area (TPSA) is 35.5 Å². The first-order valence-corrected chi connectivity index (χ1v) is 7.60. The fraction of sp³-hybridized carbons (Fsp3) is 0.316. The molecular weight excluding hydrogens is 276 g/mol. The van der Waals surface area contributed by atoms with Gasteiger partial charge in [0, 0.05) is 11.5 Å². The van der Waals surface area contributed by atoms with E-state index in [1.165, 1.54) is 11.1 Å². The van der Waals surface area contributed by atoms with E-state index in [0.717, 1.165) is 24.0 Å². The van der Waals surface area contributed by atoms with Gasteiger partial charge in [0.05, 0.1) is 14.2 Å². The molecule has 0 bridgehead atoms. The van der Waals surface area contributed by atoms with Crippen LogP contribution in [-0.2, 0) is 12.8 Å². The van der Waals surface area contributed by atoms with Crippen LogP contribution in [0.25, 0.3) is 0 Å². The molecule has 0 heterocycles. The summed E-state index contributed by atoms with van der Waals surface area (Å²) in [5, 5.41) is 0. The number of Topliss-reactive ketones (excluding diaryl/α,β-unsaturated/α-hetero) is 1. The molecule has 0 saturated carbocycles. The summed E-state index contributed by atoms with van der Waals surface area (Å²) in [6.45, 7) is 0. The highest BCUT2D eigenvalue weighted by molar-refractivity contribution is 6.04. The van der Waals surface area contributed by atoms with E-state index in [4.69, 9.17) is 9.47 Å². The van der Waals surface area contributed by atoms with Crippen molar-refractivity contribution >= 4 is 5.78 Å². The number of hydrogen-bond donors (Lipinski definition) is 0. The van der Waals surface area contributed by atoms with Crippen molar-refractivity contribution in [2.24, 2.45) is 5.92 Å². The molecule has 0 radical (unpaired) electrons. The fourth-order valence-corrected chi connectivity index (χ4v) is 3.93. The monoisotopic (exact) mass is 294 g/mol. The average Bonchev–Trinajstić information content (AvgIpc) is 2.83. The second-order valence-corrected chi connectivity index (χ2v) is 6.05. The van der Waals surface area contributed by atoms with Crippen molar-refractivity contribution in [3.63, 3.8) is 0 Å². The molecule has 0 N–H and O–H groups in total. The highest BCUT2D eigenvalue weighted by Gasteiger charge is 2.43. The molecule has 22 heavy (non-hydrogen) atoms. The van der Waals surface area contributed by atoms with E-state index < -0.39 is 0 Å². The molecule has 0 spiro atoms. The Hall–Kier alpha value is -2.29. The van der Waals surface area contributed by atoms with E-state index in [1.54, 1.807) is 14.2 Å². The lowest BCUT2D eigenvalue weighted by molar-refractivity contribution is 0.0918. The summed E-state index contributed by atoms with van der Waals surface area (Å²) in [6, 6.07) is 12.3. The number of carbonyl (C=O) groups is 1. The van der Waals surface area contributed by atoms with E-state index >= 15 is 0 Å². The van der Waals surface area contributed by atoms with Gasteiger partial charge in [0.15, 0.2) is 17.3 Å². The molecule has 2 aliphatic carbocycles. The van der Waals surface area contributed by atoms with Gasteiger partial charge >= 0.3 is 0 Å². The molecule has 0 fully saturated rings. The van der Waals surface area contributed by atoms with Gasteiger partial charge in [-0.25, -0.2) is 0 Å². The van der Waals surface area contributed by atoms with Crippen LogP contribution in [0.1, 0.15) is 33.0 Å². The molecule has 2 aliphatic rings. The van der Waals surface area contributed by atoms with Gasteiger partial charge < -0.3 is 9.47 Å². The van der Waals surface area contributed by atoms with Gasteiger partial charge in [-0.15, -0.1) is 0 Å². The molecule has 0 amide bonds. The van der Waals surface area contributed by atoms with Gasteiger partial charge in [-0.3, -0.25) is 4.79 Å². The third kappa shape index (κ3) is 1.78. The molecule has 2 atom stereocenters. The van der Waals surface area contributed by atoms with Crippen LogP contribution in [0.5, 0.6) is 11.5 Å². The van der Waals surface area contributed by atoms with Gasteiger partial charge in [0.1, 0.15) is 0 Å². The summed E-state index contributed by atoms with van der Waals surface area (Å²) in [5.74, 6) is 1.90. The zero-order valence-electron chi connectivity index (χ0n) is 12.8. The molecule has 112 valence electrons. The normalized spacial score (nSPS) is 21.8. The molecule has 0 saturated heterocycles. The first kappa shape index (κ1) is 13.4. The number of ether oxygens (including phenoxy) is 2. The maximum atomic E-state index is 12.8. The summed E-state index contributed by atoms with van der Waals surface area (Å²) in [4.78, 5) is 12.8. The van der Waals surface area contributed by atoms with Gasteiger partial charge in [0.25, 0.3) is 0 Å². The highest BCUT2D eigenvalue weighted by atomic mass is 16.5. The van der Waals surface area contributed by atoms with Crippen LogP contribution in [-0.4, -0.2) is 20.0 Å². The number of benzene rings is 2. The van der Waals surface area contributed by atoms with Gasteiger partial charge in [0.2, 0.25) is 0 Å². The van der Waals surface area contributed by atoms with E-state index in [1.807, 2.05) is 12.1 Å². The molecule has 0 aliphatic heterocycles. The Labute approximate surface area is 129 Å². The van der Waals surface area contributed by atoms with E-state index in [0.29, 0.717) is 11.5 Å². The van der Waals surface area contributed by atoms with Gasteiger partial charge in [-0.2, -0.15) is 0 Å². The maximum Gasteiger partial charge on any atom is 0.167 e. The molecule has 2 unspecified atom stereocenters. The van der Waals surface area contributed by atoms with Crippen molar-refractivity contribution in [2.45, 2.75) is 18.8 Å². The Morgan fingerprint density at radius 1 is 0.909 bits per heavy atom. The molecule has 3 heteroatoms. The second kappa shape index (κ2) is 4.87. The zero-order valence-corrected chi connectivity index (χ0v) is 12.8. The van der Waals surface area contributed by atoms with E-state index in [-0.39, 0.29) is 17.6 Å². The average molecular weight is 294 g/mol. The fourth-order valence-electron chi connectivity index (χ4n) is 3.93. The lowest BCUT2D eigenvalue weighted by atomic mass is 9.76. The first-order chi connectivity index (χ1) is 10.7. The van der Waals surface area contributed by atoms with Crippen molar-refractivity contribution in [1.82, 2.24) is 0 Å². The SMILES string of the molecule is COc1cc2c(cc1OC)C1Cc3ccccc3CC1C2=O. The van der Waals surface area contributed by atoms with E-state index in [2.05, 4.69) is 24.3 Å². The van der Waals surface area contributed by atoms with Gasteiger partial charge in [-0.05, 0) is 47.6 Å². The third-order valence-electron chi connectivity index (χ3n) is 5.04. The Morgan fingerprint density at radius 2 is 1.50 bits per heavy atom.